The maximum absolute atomic E-state index is 12.8. The zero-order valence-corrected chi connectivity index (χ0v) is 20.2. The second kappa shape index (κ2) is 10.6. The van der Waals surface area contributed by atoms with E-state index in [1.165, 1.54) is 24.8 Å². The van der Waals surface area contributed by atoms with Crippen molar-refractivity contribution in [1.82, 2.24) is 19.8 Å². The fourth-order valence-electron chi connectivity index (χ4n) is 5.46. The number of nitrogens with one attached hydrogen (secondary N) is 1. The summed E-state index contributed by atoms with van der Waals surface area (Å²) in [6, 6.07) is 17.0. The summed E-state index contributed by atoms with van der Waals surface area (Å²) < 4.78 is 7.64. The average molecular weight is 461 g/mol. The molecule has 1 aromatic heterocycles. The summed E-state index contributed by atoms with van der Waals surface area (Å²) in [5.74, 6) is 2.38. The lowest BCUT2D eigenvalue weighted by molar-refractivity contribution is -0.127. The number of para-hydroxylation sites is 2. The molecule has 0 atom stereocenters. The van der Waals surface area contributed by atoms with Gasteiger partial charge in [-0.25, -0.2) is 4.98 Å². The normalized spacial score (nSPS) is 18.3. The third kappa shape index (κ3) is 5.27. The van der Waals surface area contributed by atoms with Crippen LogP contribution in [0.3, 0.4) is 0 Å². The van der Waals surface area contributed by atoms with Crippen LogP contribution in [0.4, 0.5) is 0 Å². The van der Waals surface area contributed by atoms with Crippen LogP contribution in [-0.2, 0) is 17.9 Å². The molecule has 5 rings (SSSR count). The van der Waals surface area contributed by atoms with Gasteiger partial charge < -0.3 is 14.6 Å². The fraction of sp³-hybridized carbons (Fsp3) is 0.500. The van der Waals surface area contributed by atoms with E-state index in [9.17, 15) is 4.79 Å². The van der Waals surface area contributed by atoms with E-state index in [0.717, 1.165) is 74.5 Å². The highest BCUT2D eigenvalue weighted by Gasteiger charge is 2.27. The van der Waals surface area contributed by atoms with Gasteiger partial charge in [-0.1, -0.05) is 43.5 Å². The first-order valence-electron chi connectivity index (χ1n) is 12.8. The molecule has 1 aliphatic carbocycles. The number of piperidine rings is 1. The quantitative estimate of drug-likeness (QED) is 0.553. The fourth-order valence-corrected chi connectivity index (χ4v) is 5.46. The Morgan fingerprint density at radius 2 is 1.71 bits per heavy atom. The molecule has 1 saturated carbocycles. The third-order valence-electron chi connectivity index (χ3n) is 7.51. The number of hydrogen-bond acceptors (Lipinski definition) is 4. The Bertz CT molecular complexity index is 1090. The average Bonchev–Trinajstić information content (AvgIpc) is 3.22. The number of amides is 1. The zero-order valence-electron chi connectivity index (χ0n) is 20.2. The van der Waals surface area contributed by atoms with Gasteiger partial charge in [-0.3, -0.25) is 9.69 Å². The van der Waals surface area contributed by atoms with Crippen LogP contribution in [-0.4, -0.2) is 46.6 Å². The van der Waals surface area contributed by atoms with Crippen molar-refractivity contribution >= 4 is 16.9 Å². The molecule has 2 fully saturated rings. The lowest BCUT2D eigenvalue weighted by atomic mass is 9.92. The first-order chi connectivity index (χ1) is 16.7. The molecule has 1 saturated heterocycles. The molecule has 6 nitrogen and oxygen atoms in total. The van der Waals surface area contributed by atoms with Crippen molar-refractivity contribution in [3.8, 4) is 5.75 Å². The van der Waals surface area contributed by atoms with Crippen molar-refractivity contribution < 1.29 is 9.53 Å². The molecule has 1 aliphatic heterocycles. The number of hydrogen-bond donors (Lipinski definition) is 1. The lowest BCUT2D eigenvalue weighted by Gasteiger charge is -2.32. The molecular weight excluding hydrogens is 424 g/mol. The number of nitrogens with zero attached hydrogens (tertiary/aromatic N) is 3. The van der Waals surface area contributed by atoms with E-state index >= 15 is 0 Å². The Balaban J connectivity index is 1.24. The predicted octanol–water partition coefficient (Wildman–Crippen LogP) is 4.75. The zero-order chi connectivity index (χ0) is 23.3. The molecule has 1 amide bonds. The standard InChI is InChI=1S/C28H36N4O2/c1-34-24-13-11-21(12-14-24)19-32-26-10-6-5-9-25(26)30-27(32)20-31-17-15-22(16-18-31)28(33)29-23-7-3-2-4-8-23/h5-6,9-14,22-23H,2-4,7-8,15-20H2,1H3,(H,29,33). The van der Waals surface area contributed by atoms with E-state index < -0.39 is 0 Å². The van der Waals surface area contributed by atoms with Crippen LogP contribution in [0.1, 0.15) is 56.3 Å². The molecule has 2 aromatic carbocycles. The van der Waals surface area contributed by atoms with Gasteiger partial charge in [0.05, 0.1) is 24.7 Å². The number of aromatic nitrogens is 2. The van der Waals surface area contributed by atoms with E-state index in [1.54, 1.807) is 7.11 Å². The van der Waals surface area contributed by atoms with Crippen LogP contribution >= 0.6 is 0 Å². The van der Waals surface area contributed by atoms with E-state index in [0.29, 0.717) is 6.04 Å². The van der Waals surface area contributed by atoms with Gasteiger partial charge >= 0.3 is 0 Å². The Labute approximate surface area is 202 Å². The summed E-state index contributed by atoms with van der Waals surface area (Å²) in [7, 11) is 1.69. The van der Waals surface area contributed by atoms with Gasteiger partial charge in [0.1, 0.15) is 11.6 Å². The highest BCUT2D eigenvalue weighted by Crippen LogP contribution is 2.24. The number of imidazole rings is 1. The second-order valence-corrected chi connectivity index (χ2v) is 9.84. The minimum absolute atomic E-state index is 0.149. The smallest absolute Gasteiger partial charge is 0.223 e. The lowest BCUT2D eigenvalue weighted by Crippen LogP contribution is -2.44. The SMILES string of the molecule is COc1ccc(Cn2c(CN3CCC(C(=O)NC4CCCCC4)CC3)nc3ccccc32)cc1. The summed E-state index contributed by atoms with van der Waals surface area (Å²) in [4.78, 5) is 20.2. The summed E-state index contributed by atoms with van der Waals surface area (Å²) in [6.07, 6.45) is 7.97. The number of fused-ring (bicyclic) bond motifs is 1. The van der Waals surface area contributed by atoms with Crippen molar-refractivity contribution in [2.45, 2.75) is 64.1 Å². The molecule has 180 valence electrons. The van der Waals surface area contributed by atoms with Crippen molar-refractivity contribution in [2.75, 3.05) is 20.2 Å². The van der Waals surface area contributed by atoms with Crippen molar-refractivity contribution in [3.05, 3.63) is 59.9 Å². The number of rotatable bonds is 7. The van der Waals surface area contributed by atoms with Crippen LogP contribution in [0.25, 0.3) is 11.0 Å². The number of carbonyl (C=O) groups is 1. The minimum atomic E-state index is 0.149. The van der Waals surface area contributed by atoms with E-state index in [1.807, 2.05) is 18.2 Å². The number of likely N-dealkylation sites (tertiary alicyclic amines) is 1. The summed E-state index contributed by atoms with van der Waals surface area (Å²) in [6.45, 7) is 3.46. The molecule has 2 aliphatic rings. The topological polar surface area (TPSA) is 59.4 Å². The molecular formula is C28H36N4O2. The monoisotopic (exact) mass is 460 g/mol. The molecule has 2 heterocycles. The highest BCUT2D eigenvalue weighted by molar-refractivity contribution is 5.79. The van der Waals surface area contributed by atoms with Crippen LogP contribution in [0, 0.1) is 5.92 Å². The van der Waals surface area contributed by atoms with Gasteiger partial charge in [0.2, 0.25) is 5.91 Å². The summed E-state index contributed by atoms with van der Waals surface area (Å²) in [5.41, 5.74) is 3.42. The van der Waals surface area contributed by atoms with Gasteiger partial charge in [0.25, 0.3) is 0 Å². The molecule has 3 aromatic rings. The van der Waals surface area contributed by atoms with Crippen molar-refractivity contribution in [2.24, 2.45) is 5.92 Å². The van der Waals surface area contributed by atoms with Crippen LogP contribution < -0.4 is 10.1 Å². The molecule has 0 spiro atoms. The number of ether oxygens (including phenoxy) is 1. The number of benzene rings is 2. The van der Waals surface area contributed by atoms with Crippen LogP contribution in [0.5, 0.6) is 5.75 Å². The summed E-state index contributed by atoms with van der Waals surface area (Å²) >= 11 is 0. The van der Waals surface area contributed by atoms with Gasteiger partial charge in [0.15, 0.2) is 0 Å². The van der Waals surface area contributed by atoms with Crippen LogP contribution in [0.15, 0.2) is 48.5 Å². The third-order valence-corrected chi connectivity index (χ3v) is 7.51. The Morgan fingerprint density at radius 3 is 2.44 bits per heavy atom. The molecule has 0 radical (unpaired) electrons. The molecule has 0 bridgehead atoms. The van der Waals surface area contributed by atoms with Crippen molar-refractivity contribution in [3.63, 3.8) is 0 Å². The molecule has 1 N–H and O–H groups in total. The minimum Gasteiger partial charge on any atom is -0.497 e. The largest absolute Gasteiger partial charge is 0.497 e. The van der Waals surface area contributed by atoms with Gasteiger partial charge in [0, 0.05) is 18.5 Å². The molecule has 34 heavy (non-hydrogen) atoms. The van der Waals surface area contributed by atoms with Gasteiger partial charge in [-0.15, -0.1) is 0 Å². The first-order valence-corrected chi connectivity index (χ1v) is 12.8. The Morgan fingerprint density at radius 1 is 0.971 bits per heavy atom. The molecule has 6 heteroatoms. The predicted molar refractivity (Wildman–Crippen MR) is 135 cm³/mol. The van der Waals surface area contributed by atoms with Gasteiger partial charge in [-0.05, 0) is 68.6 Å². The second-order valence-electron chi connectivity index (χ2n) is 9.84. The number of methoxy groups -OCH3 is 1. The molecule has 0 unspecified atom stereocenters. The van der Waals surface area contributed by atoms with E-state index in [4.69, 9.17) is 9.72 Å². The first kappa shape index (κ1) is 22.9. The maximum atomic E-state index is 12.8. The van der Waals surface area contributed by atoms with Crippen LogP contribution in [0.2, 0.25) is 0 Å². The van der Waals surface area contributed by atoms with Crippen molar-refractivity contribution in [1.29, 1.82) is 0 Å². The summed E-state index contributed by atoms with van der Waals surface area (Å²) in [5, 5.41) is 3.33. The van der Waals surface area contributed by atoms with Gasteiger partial charge in [-0.2, -0.15) is 0 Å². The number of carbonyl (C=O) groups excluding carboxylic acids is 1. The Hall–Kier alpha value is -2.86. The maximum Gasteiger partial charge on any atom is 0.223 e. The van der Waals surface area contributed by atoms with E-state index in [2.05, 4.69) is 45.1 Å². The Kier molecular flexibility index (Phi) is 7.14. The van der Waals surface area contributed by atoms with E-state index in [-0.39, 0.29) is 11.8 Å². The highest BCUT2D eigenvalue weighted by atomic mass is 16.5.